The fourth-order valence-corrected chi connectivity index (χ4v) is 2.06. The van der Waals surface area contributed by atoms with Crippen LogP contribution in [0.15, 0.2) is 36.9 Å². The number of anilines is 1. The summed E-state index contributed by atoms with van der Waals surface area (Å²) in [6.45, 7) is 0.969. The molecule has 0 saturated heterocycles. The molecule has 3 heterocycles. The van der Waals surface area contributed by atoms with Crippen LogP contribution >= 0.6 is 0 Å². The van der Waals surface area contributed by atoms with Gasteiger partial charge in [0, 0.05) is 31.3 Å². The van der Waals surface area contributed by atoms with Gasteiger partial charge >= 0.3 is 0 Å². The highest BCUT2D eigenvalue weighted by Crippen LogP contribution is 2.27. The first kappa shape index (κ1) is 8.47. The van der Waals surface area contributed by atoms with E-state index in [1.807, 2.05) is 24.7 Å². The SMILES string of the molecule is c1cncc(C2CCNc3nccn32)c1. The Labute approximate surface area is 88.0 Å². The minimum atomic E-state index is 0.373. The maximum Gasteiger partial charge on any atom is 0.203 e. The van der Waals surface area contributed by atoms with Gasteiger partial charge in [-0.15, -0.1) is 0 Å². The zero-order valence-electron chi connectivity index (χ0n) is 8.30. The molecule has 0 saturated carbocycles. The van der Waals surface area contributed by atoms with Gasteiger partial charge in [0.05, 0.1) is 6.04 Å². The Bertz CT molecular complexity index is 449. The first-order chi connectivity index (χ1) is 7.45. The van der Waals surface area contributed by atoms with Crippen molar-refractivity contribution in [2.75, 3.05) is 11.9 Å². The summed E-state index contributed by atoms with van der Waals surface area (Å²) in [7, 11) is 0. The molecule has 4 nitrogen and oxygen atoms in total. The summed E-state index contributed by atoms with van der Waals surface area (Å²) >= 11 is 0. The van der Waals surface area contributed by atoms with E-state index in [4.69, 9.17) is 0 Å². The lowest BCUT2D eigenvalue weighted by Gasteiger charge is -2.26. The first-order valence-electron chi connectivity index (χ1n) is 5.12. The summed E-state index contributed by atoms with van der Waals surface area (Å²) in [4.78, 5) is 8.43. The summed E-state index contributed by atoms with van der Waals surface area (Å²) in [5.41, 5.74) is 1.25. The summed E-state index contributed by atoms with van der Waals surface area (Å²) in [5.74, 6) is 0.954. The van der Waals surface area contributed by atoms with E-state index in [1.165, 1.54) is 5.56 Å². The van der Waals surface area contributed by atoms with Crippen molar-refractivity contribution in [2.45, 2.75) is 12.5 Å². The second-order valence-corrected chi connectivity index (χ2v) is 3.68. The number of hydrogen-bond acceptors (Lipinski definition) is 3. The average Bonchev–Trinajstić information content (AvgIpc) is 2.78. The summed E-state index contributed by atoms with van der Waals surface area (Å²) in [6, 6.07) is 4.47. The summed E-state index contributed by atoms with van der Waals surface area (Å²) < 4.78 is 2.17. The number of nitrogens with one attached hydrogen (secondary N) is 1. The van der Waals surface area contributed by atoms with Gasteiger partial charge in [-0.25, -0.2) is 4.98 Å². The number of rotatable bonds is 1. The Balaban J connectivity index is 2.03. The fourth-order valence-electron chi connectivity index (χ4n) is 2.06. The van der Waals surface area contributed by atoms with Crippen LogP contribution in [0.2, 0.25) is 0 Å². The summed E-state index contributed by atoms with van der Waals surface area (Å²) in [6.07, 6.45) is 8.66. The number of pyridine rings is 1. The van der Waals surface area contributed by atoms with E-state index < -0.39 is 0 Å². The smallest absolute Gasteiger partial charge is 0.203 e. The molecule has 1 unspecified atom stereocenters. The fraction of sp³-hybridized carbons (Fsp3) is 0.273. The van der Waals surface area contributed by atoms with Gasteiger partial charge in [-0.05, 0) is 18.1 Å². The third-order valence-corrected chi connectivity index (χ3v) is 2.77. The van der Waals surface area contributed by atoms with E-state index in [1.54, 1.807) is 6.20 Å². The molecule has 1 aliphatic rings. The number of hydrogen-bond donors (Lipinski definition) is 1. The van der Waals surface area contributed by atoms with E-state index in [-0.39, 0.29) is 0 Å². The zero-order valence-corrected chi connectivity index (χ0v) is 8.30. The monoisotopic (exact) mass is 200 g/mol. The van der Waals surface area contributed by atoms with Gasteiger partial charge in [-0.3, -0.25) is 4.98 Å². The lowest BCUT2D eigenvalue weighted by Crippen LogP contribution is -2.23. The van der Waals surface area contributed by atoms with Crippen molar-refractivity contribution in [3.8, 4) is 0 Å². The second-order valence-electron chi connectivity index (χ2n) is 3.68. The highest BCUT2D eigenvalue weighted by atomic mass is 15.2. The van der Waals surface area contributed by atoms with Crippen LogP contribution in [0.1, 0.15) is 18.0 Å². The van der Waals surface area contributed by atoms with Crippen molar-refractivity contribution in [3.63, 3.8) is 0 Å². The molecule has 0 aromatic carbocycles. The quantitative estimate of drug-likeness (QED) is 0.761. The third kappa shape index (κ3) is 1.38. The van der Waals surface area contributed by atoms with Gasteiger partial charge in [0.25, 0.3) is 0 Å². The van der Waals surface area contributed by atoms with Crippen LogP contribution < -0.4 is 5.32 Å². The van der Waals surface area contributed by atoms with Crippen LogP contribution in [0, 0.1) is 0 Å². The highest BCUT2D eigenvalue weighted by Gasteiger charge is 2.20. The Morgan fingerprint density at radius 3 is 3.27 bits per heavy atom. The van der Waals surface area contributed by atoms with Gasteiger partial charge in [-0.2, -0.15) is 0 Å². The normalized spacial score (nSPS) is 19.3. The van der Waals surface area contributed by atoms with Crippen molar-refractivity contribution in [1.82, 2.24) is 14.5 Å². The highest BCUT2D eigenvalue weighted by molar-refractivity contribution is 5.32. The molecule has 0 bridgehead atoms. The van der Waals surface area contributed by atoms with Gasteiger partial charge in [0.15, 0.2) is 0 Å². The Morgan fingerprint density at radius 2 is 2.40 bits per heavy atom. The molecule has 2 aromatic heterocycles. The van der Waals surface area contributed by atoms with Crippen LogP contribution in [0.4, 0.5) is 5.95 Å². The van der Waals surface area contributed by atoms with E-state index in [0.717, 1.165) is 18.9 Å². The Kier molecular flexibility index (Phi) is 1.91. The minimum Gasteiger partial charge on any atom is -0.356 e. The van der Waals surface area contributed by atoms with Crippen LogP contribution in [-0.4, -0.2) is 21.1 Å². The van der Waals surface area contributed by atoms with Crippen molar-refractivity contribution in [3.05, 3.63) is 42.5 Å². The Morgan fingerprint density at radius 1 is 1.40 bits per heavy atom. The van der Waals surface area contributed by atoms with E-state index in [2.05, 4.69) is 25.9 Å². The number of nitrogens with zero attached hydrogens (tertiary/aromatic N) is 3. The van der Waals surface area contributed by atoms with Crippen LogP contribution in [-0.2, 0) is 0 Å². The molecular formula is C11H12N4. The van der Waals surface area contributed by atoms with Crippen molar-refractivity contribution in [2.24, 2.45) is 0 Å². The zero-order chi connectivity index (χ0) is 10.1. The molecule has 3 rings (SSSR count). The van der Waals surface area contributed by atoms with E-state index in [9.17, 15) is 0 Å². The molecule has 1 aliphatic heterocycles. The largest absolute Gasteiger partial charge is 0.356 e. The minimum absolute atomic E-state index is 0.373. The molecule has 0 radical (unpaired) electrons. The molecule has 76 valence electrons. The van der Waals surface area contributed by atoms with E-state index in [0.29, 0.717) is 6.04 Å². The molecule has 0 spiro atoms. The predicted octanol–water partition coefficient (Wildman–Crippen LogP) is 1.68. The van der Waals surface area contributed by atoms with Gasteiger partial charge in [0.1, 0.15) is 0 Å². The molecule has 0 aliphatic carbocycles. The maximum absolute atomic E-state index is 4.26. The lowest BCUT2D eigenvalue weighted by molar-refractivity contribution is 0.529. The average molecular weight is 200 g/mol. The lowest BCUT2D eigenvalue weighted by atomic mass is 10.0. The maximum atomic E-state index is 4.26. The van der Waals surface area contributed by atoms with Crippen LogP contribution in [0.25, 0.3) is 0 Å². The first-order valence-corrected chi connectivity index (χ1v) is 5.12. The second kappa shape index (κ2) is 3.38. The topological polar surface area (TPSA) is 42.7 Å². The molecule has 0 fully saturated rings. The van der Waals surface area contributed by atoms with Gasteiger partial charge < -0.3 is 9.88 Å². The number of fused-ring (bicyclic) bond motifs is 1. The molecular weight excluding hydrogens is 188 g/mol. The molecule has 1 N–H and O–H groups in total. The van der Waals surface area contributed by atoms with Gasteiger partial charge in [-0.1, -0.05) is 6.07 Å². The van der Waals surface area contributed by atoms with Crippen LogP contribution in [0.3, 0.4) is 0 Å². The van der Waals surface area contributed by atoms with Gasteiger partial charge in [0.2, 0.25) is 5.95 Å². The van der Waals surface area contributed by atoms with Crippen LogP contribution in [0.5, 0.6) is 0 Å². The third-order valence-electron chi connectivity index (χ3n) is 2.77. The predicted molar refractivity (Wildman–Crippen MR) is 57.7 cm³/mol. The standard InChI is InChI=1S/C11H12N4/c1-2-9(8-12-4-1)10-3-5-13-11-14-6-7-15(10)11/h1-2,4,6-8,10H,3,5H2,(H,13,14). The summed E-state index contributed by atoms with van der Waals surface area (Å²) in [5, 5.41) is 3.27. The number of aromatic nitrogens is 3. The van der Waals surface area contributed by atoms with E-state index >= 15 is 0 Å². The molecule has 1 atom stereocenters. The number of imidazole rings is 1. The molecule has 2 aromatic rings. The Hall–Kier alpha value is -1.84. The van der Waals surface area contributed by atoms with Crippen molar-refractivity contribution in [1.29, 1.82) is 0 Å². The molecule has 4 heteroatoms. The molecule has 0 amide bonds. The van der Waals surface area contributed by atoms with Crippen molar-refractivity contribution >= 4 is 5.95 Å². The molecule has 15 heavy (non-hydrogen) atoms. The van der Waals surface area contributed by atoms with Crippen molar-refractivity contribution < 1.29 is 0 Å².